The fourth-order valence-electron chi connectivity index (χ4n) is 7.42. The zero-order valence-electron chi connectivity index (χ0n) is 49.8. The molecule has 12 rings (SSSR count). The molecular weight excluding hydrogens is 701 g/mol. The third-order valence-electron chi connectivity index (χ3n) is 9.70. The Bertz CT molecular complexity index is 4670. The van der Waals surface area contributed by atoms with Crippen molar-refractivity contribution < 1.29 is 28.8 Å². The molecule has 0 bridgehead atoms. The number of pyridine rings is 2. The van der Waals surface area contributed by atoms with Gasteiger partial charge in [0.05, 0.1) is 73.3 Å². The van der Waals surface area contributed by atoms with E-state index < -0.39 is 161 Å². The summed E-state index contributed by atoms with van der Waals surface area (Å²) in [7, 11) is 0. The van der Waals surface area contributed by atoms with Gasteiger partial charge in [-0.2, -0.15) is 9.97 Å². The number of hydrogen-bond acceptors (Lipinski definition) is 5. The molecule has 0 N–H and O–H groups in total. The van der Waals surface area contributed by atoms with Gasteiger partial charge in [0.2, 0.25) is 5.95 Å². The minimum atomic E-state index is -0.810. The van der Waals surface area contributed by atoms with Crippen LogP contribution in [0.2, 0.25) is 0 Å². The Morgan fingerprint density at radius 3 is 1.51 bits per heavy atom. The van der Waals surface area contributed by atoms with Gasteiger partial charge in [0.25, 0.3) is 0 Å². The standard InChI is InChI=1S/C49H30N8/c1-2-13-31(14-3-1)47-52-48(54-49(53-47)57-41-22-10-4-15-32(41)33-16-5-11-23-42(33)57)36-19-12-24-45(55-39-20-8-6-17-34(39)37-29-50-27-25-43(37)55)46(36)56-40-21-9-7-18-35(40)38-30-51-28-26-44(38)56/h1-30H/i1D,2D,3D,4D,5D,6D,7D,8D,9D,10D,11D,13D,14D,15D,16D,17D,18D,20D,21D,22D,23D. The number of hydrogen-bond donors (Lipinski definition) is 0. The number of rotatable bonds is 5. The highest BCUT2D eigenvalue weighted by atomic mass is 15.2. The van der Waals surface area contributed by atoms with Crippen molar-refractivity contribution in [2.24, 2.45) is 0 Å². The second-order valence-electron chi connectivity index (χ2n) is 12.6. The van der Waals surface area contributed by atoms with E-state index in [9.17, 15) is 6.85 Å². The molecule has 0 aliphatic carbocycles. The molecule has 0 radical (unpaired) electrons. The molecule has 0 atom stereocenters. The third-order valence-corrected chi connectivity index (χ3v) is 9.70. The van der Waals surface area contributed by atoms with Gasteiger partial charge >= 0.3 is 0 Å². The summed E-state index contributed by atoms with van der Waals surface area (Å²) in [6.07, 6.45) is 5.65. The molecule has 8 heteroatoms. The van der Waals surface area contributed by atoms with Crippen molar-refractivity contribution in [3.63, 3.8) is 0 Å². The Labute approximate surface area is 355 Å². The average molecular weight is 752 g/mol. The molecule has 0 fully saturated rings. The van der Waals surface area contributed by atoms with Gasteiger partial charge < -0.3 is 9.13 Å². The molecule has 0 saturated heterocycles. The minimum Gasteiger partial charge on any atom is -0.307 e. The van der Waals surface area contributed by atoms with Crippen molar-refractivity contribution >= 4 is 65.4 Å². The van der Waals surface area contributed by atoms with E-state index in [1.54, 1.807) is 12.1 Å². The molecule has 12 aromatic rings. The molecule has 266 valence electrons. The summed E-state index contributed by atoms with van der Waals surface area (Å²) in [4.78, 5) is 22.9. The highest BCUT2D eigenvalue weighted by Crippen LogP contribution is 2.42. The Kier molecular flexibility index (Phi) is 3.71. The average Bonchev–Trinajstić information content (AvgIpc) is 3.80. The van der Waals surface area contributed by atoms with Gasteiger partial charge in [-0.15, -0.1) is 0 Å². The Balaban J connectivity index is 1.35. The van der Waals surface area contributed by atoms with Crippen LogP contribution in [0, 0.1) is 0 Å². The van der Waals surface area contributed by atoms with Crippen LogP contribution in [-0.2, 0) is 0 Å². The smallest absolute Gasteiger partial charge is 0.238 e. The van der Waals surface area contributed by atoms with Crippen LogP contribution < -0.4 is 0 Å². The number of nitrogens with zero attached hydrogens (tertiary/aromatic N) is 8. The first kappa shape index (κ1) is 17.2. The molecule has 8 nitrogen and oxygen atoms in total. The maximum Gasteiger partial charge on any atom is 0.238 e. The largest absolute Gasteiger partial charge is 0.307 e. The number of para-hydroxylation sites is 5. The molecular formula is C49H30N8. The van der Waals surface area contributed by atoms with E-state index in [2.05, 4.69) is 15.0 Å². The highest BCUT2D eigenvalue weighted by Gasteiger charge is 2.25. The maximum atomic E-state index is 9.51. The van der Waals surface area contributed by atoms with Crippen molar-refractivity contribution in [3.8, 4) is 40.1 Å². The lowest BCUT2D eigenvalue weighted by atomic mass is 10.1. The van der Waals surface area contributed by atoms with E-state index in [-0.39, 0.29) is 71.3 Å². The fourth-order valence-corrected chi connectivity index (χ4v) is 7.42. The first-order chi connectivity index (χ1) is 37.0. The van der Waals surface area contributed by atoms with Gasteiger partial charge in [-0.05, 0) is 48.4 Å². The highest BCUT2D eigenvalue weighted by molar-refractivity contribution is 6.12. The van der Waals surface area contributed by atoms with Gasteiger partial charge in [0.1, 0.15) is 0 Å². The van der Waals surface area contributed by atoms with Crippen LogP contribution in [0.15, 0.2) is 182 Å². The summed E-state index contributed by atoms with van der Waals surface area (Å²) in [6.45, 7) is 0. The monoisotopic (exact) mass is 751 g/mol. The molecule has 0 saturated carbocycles. The normalized spacial score (nSPS) is 17.0. The predicted molar refractivity (Wildman–Crippen MR) is 229 cm³/mol. The van der Waals surface area contributed by atoms with E-state index in [1.807, 2.05) is 0 Å². The minimum absolute atomic E-state index is 0.00268. The third kappa shape index (κ3) is 4.64. The van der Waals surface area contributed by atoms with Crippen molar-refractivity contribution in [1.82, 2.24) is 38.6 Å². The van der Waals surface area contributed by atoms with Gasteiger partial charge in [-0.1, -0.05) is 109 Å². The van der Waals surface area contributed by atoms with E-state index in [0.717, 1.165) is 4.57 Å². The second-order valence-corrected chi connectivity index (χ2v) is 12.6. The Morgan fingerprint density at radius 2 is 0.895 bits per heavy atom. The first-order valence-corrected chi connectivity index (χ1v) is 17.2. The lowest BCUT2D eigenvalue weighted by Gasteiger charge is -2.20. The summed E-state index contributed by atoms with van der Waals surface area (Å²) in [5.74, 6) is -1.77. The van der Waals surface area contributed by atoms with Crippen LogP contribution in [0.1, 0.15) is 28.8 Å². The first-order valence-electron chi connectivity index (χ1n) is 27.7. The van der Waals surface area contributed by atoms with E-state index in [0.29, 0.717) is 0 Å². The molecule has 0 spiro atoms. The van der Waals surface area contributed by atoms with E-state index in [4.69, 9.17) is 31.9 Å². The maximum absolute atomic E-state index is 9.51. The molecule has 0 amide bonds. The van der Waals surface area contributed by atoms with E-state index in [1.165, 1.54) is 52.1 Å². The number of benzene rings is 6. The predicted octanol–water partition coefficient (Wildman–Crippen LogP) is 11.3. The lowest BCUT2D eigenvalue weighted by Crippen LogP contribution is -2.10. The molecule has 57 heavy (non-hydrogen) atoms. The van der Waals surface area contributed by atoms with Gasteiger partial charge in [0.15, 0.2) is 11.6 Å². The second kappa shape index (κ2) is 12.3. The zero-order valence-corrected chi connectivity index (χ0v) is 28.8. The van der Waals surface area contributed by atoms with E-state index >= 15 is 0 Å². The Hall–Kier alpha value is -7.97. The molecule has 6 aromatic heterocycles. The summed E-state index contributed by atoms with van der Waals surface area (Å²) in [6, 6.07) is -6.62. The van der Waals surface area contributed by atoms with Crippen LogP contribution >= 0.6 is 0 Å². The van der Waals surface area contributed by atoms with Gasteiger partial charge in [0, 0.05) is 68.2 Å². The van der Waals surface area contributed by atoms with Gasteiger partial charge in [-0.3, -0.25) is 14.5 Å². The number of aromatic nitrogens is 8. The van der Waals surface area contributed by atoms with Crippen molar-refractivity contribution in [2.75, 3.05) is 0 Å². The van der Waals surface area contributed by atoms with Gasteiger partial charge in [-0.25, -0.2) is 4.98 Å². The summed E-state index contributed by atoms with van der Waals surface area (Å²) < 4.78 is 192. The van der Waals surface area contributed by atoms with Crippen LogP contribution in [0.5, 0.6) is 0 Å². The number of fused-ring (bicyclic) bond motifs is 9. The molecule has 6 heterocycles. The molecule has 0 aliphatic heterocycles. The van der Waals surface area contributed by atoms with Crippen LogP contribution in [0.25, 0.3) is 106 Å². The van der Waals surface area contributed by atoms with Crippen LogP contribution in [0.4, 0.5) is 0 Å². The van der Waals surface area contributed by atoms with Crippen molar-refractivity contribution in [3.05, 3.63) is 182 Å². The topological polar surface area (TPSA) is 79.2 Å². The lowest BCUT2D eigenvalue weighted by molar-refractivity contribution is 0.950. The summed E-state index contributed by atoms with van der Waals surface area (Å²) >= 11 is 0. The summed E-state index contributed by atoms with van der Waals surface area (Å²) in [5, 5.41) is -0.178. The summed E-state index contributed by atoms with van der Waals surface area (Å²) in [5.41, 5.74) is -1.31. The SMILES string of the molecule is [2H]c1c([2H])c([2H])c(-c2nc(-c3cccc(-n4c5ccncc5c5c([2H])c([2H])c([2H])c([2H])c54)c3-n3c4ccncc4c4c([2H])c([2H])c([2H])c([2H])c43)nc(-n3c4c([2H])c([2H])c([2H])c([2H])c4c4c([2H])c([2H])c([2H])c([2H])c43)n2)c([2H])c1[2H]. The molecule has 0 aliphatic rings. The van der Waals surface area contributed by atoms with Crippen LogP contribution in [0.3, 0.4) is 0 Å². The fraction of sp³-hybridized carbons (Fsp3) is 0. The van der Waals surface area contributed by atoms with Crippen molar-refractivity contribution in [2.45, 2.75) is 0 Å². The Morgan fingerprint density at radius 1 is 0.404 bits per heavy atom. The van der Waals surface area contributed by atoms with Crippen LogP contribution in [-0.4, -0.2) is 38.6 Å². The quantitative estimate of drug-likeness (QED) is 0.175. The zero-order chi connectivity index (χ0) is 55.7. The van der Waals surface area contributed by atoms with Crippen molar-refractivity contribution in [1.29, 1.82) is 0 Å². The molecule has 0 unspecified atom stereocenters. The molecule has 6 aromatic carbocycles.